The van der Waals surface area contributed by atoms with Crippen molar-refractivity contribution in [3.8, 4) is 0 Å². The molecule has 2 aliphatic rings. The fraction of sp³-hybridized carbons (Fsp3) is 0.889. The van der Waals surface area contributed by atoms with Crippen LogP contribution in [0.4, 0.5) is 0 Å². The number of aliphatic hydroxyl groups excluding tert-OH is 6. The number of aryl methyl sites for hydroxylation is 1. The molecule has 3 rings (SSSR count). The van der Waals surface area contributed by atoms with Gasteiger partial charge in [-0.15, -0.1) is 0 Å². The maximum atomic E-state index is 11.4. The number of hydrogen-bond donors (Lipinski definition) is 7. The van der Waals surface area contributed by atoms with Gasteiger partial charge >= 0.3 is 0 Å². The van der Waals surface area contributed by atoms with Crippen LogP contribution in [0.1, 0.15) is 192 Å². The van der Waals surface area contributed by atoms with E-state index in [0.29, 0.717) is 17.5 Å². The summed E-state index contributed by atoms with van der Waals surface area (Å²) in [7, 11) is 0. The molecular formula is C45H82N2O8. The number of aromatic nitrogens is 2. The number of aliphatic hydroxyl groups is 6. The number of ether oxygens (including phenoxy) is 2. The number of hydrogen-bond acceptors (Lipinski definition) is 9. The molecule has 0 amide bonds. The number of allylic oxidation sites excluding steroid dienone is 2. The Labute approximate surface area is 333 Å². The summed E-state index contributed by atoms with van der Waals surface area (Å²) in [6.07, 6.45) is 25.3. The van der Waals surface area contributed by atoms with Crippen molar-refractivity contribution >= 4 is 0 Å². The zero-order chi connectivity index (χ0) is 39.9. The summed E-state index contributed by atoms with van der Waals surface area (Å²) in [5.74, 6) is 0.00334. The summed E-state index contributed by atoms with van der Waals surface area (Å²) in [5, 5.41) is 70.7. The lowest BCUT2D eigenvalue weighted by Gasteiger charge is -2.40. The average molecular weight is 779 g/mol. The topological polar surface area (TPSA) is 169 Å². The van der Waals surface area contributed by atoms with Crippen LogP contribution in [0.2, 0.25) is 0 Å². The quantitative estimate of drug-likeness (QED) is 0.0291. The molecule has 320 valence electrons. The molecule has 55 heavy (non-hydrogen) atoms. The molecule has 2 heterocycles. The van der Waals surface area contributed by atoms with Crippen molar-refractivity contribution in [1.82, 2.24) is 10.2 Å². The molecule has 1 aliphatic carbocycles. The maximum absolute atomic E-state index is 11.4. The lowest BCUT2D eigenvalue weighted by atomic mass is 9.74. The molecule has 10 atom stereocenters. The lowest BCUT2D eigenvalue weighted by molar-refractivity contribution is -0.303. The first-order valence-electron chi connectivity index (χ1n) is 22.6. The highest BCUT2D eigenvalue weighted by molar-refractivity contribution is 5.16. The van der Waals surface area contributed by atoms with Gasteiger partial charge in [-0.2, -0.15) is 5.10 Å². The van der Waals surface area contributed by atoms with Gasteiger partial charge in [-0.3, -0.25) is 5.10 Å². The Kier molecular flexibility index (Phi) is 23.9. The molecule has 0 aromatic carbocycles. The van der Waals surface area contributed by atoms with E-state index in [2.05, 4.69) is 43.1 Å². The Morgan fingerprint density at radius 1 is 0.818 bits per heavy atom. The van der Waals surface area contributed by atoms with Gasteiger partial charge in [0.25, 0.3) is 0 Å². The predicted molar refractivity (Wildman–Crippen MR) is 220 cm³/mol. The first-order valence-corrected chi connectivity index (χ1v) is 22.6. The van der Waals surface area contributed by atoms with Crippen LogP contribution in [-0.2, 0) is 15.9 Å². The van der Waals surface area contributed by atoms with E-state index in [0.717, 1.165) is 50.1 Å². The minimum absolute atomic E-state index is 0.154. The Morgan fingerprint density at radius 3 is 1.98 bits per heavy atom. The van der Waals surface area contributed by atoms with Gasteiger partial charge in [-0.1, -0.05) is 155 Å². The van der Waals surface area contributed by atoms with Crippen LogP contribution in [0.5, 0.6) is 0 Å². The Bertz CT molecular complexity index is 1130. The highest BCUT2D eigenvalue weighted by Gasteiger charge is 2.44. The number of nitrogens with zero attached hydrogens (tertiary/aromatic N) is 1. The van der Waals surface area contributed by atoms with Gasteiger partial charge in [0.05, 0.1) is 37.0 Å². The van der Waals surface area contributed by atoms with E-state index >= 15 is 0 Å². The van der Waals surface area contributed by atoms with Crippen molar-refractivity contribution in [2.45, 2.75) is 230 Å². The number of unbranched alkanes of at least 4 members (excludes halogenated alkanes) is 18. The largest absolute Gasteiger partial charge is 0.394 e. The van der Waals surface area contributed by atoms with Gasteiger partial charge in [-0.05, 0) is 55.9 Å². The fourth-order valence-corrected chi connectivity index (χ4v) is 8.34. The van der Waals surface area contributed by atoms with Crippen molar-refractivity contribution in [3.63, 3.8) is 0 Å². The fourth-order valence-electron chi connectivity index (χ4n) is 8.34. The van der Waals surface area contributed by atoms with Gasteiger partial charge in [0, 0.05) is 5.69 Å². The van der Waals surface area contributed by atoms with Gasteiger partial charge in [0.1, 0.15) is 24.4 Å². The van der Waals surface area contributed by atoms with Crippen molar-refractivity contribution in [1.29, 1.82) is 0 Å². The van der Waals surface area contributed by atoms with Crippen molar-refractivity contribution in [3.05, 3.63) is 29.6 Å². The molecule has 1 aromatic rings. The zero-order valence-electron chi connectivity index (χ0n) is 35.0. The third kappa shape index (κ3) is 18.0. The van der Waals surface area contributed by atoms with E-state index in [4.69, 9.17) is 9.47 Å². The first-order chi connectivity index (χ1) is 26.6. The smallest absolute Gasteiger partial charge is 0.186 e. The summed E-state index contributed by atoms with van der Waals surface area (Å²) < 4.78 is 11.4. The molecule has 1 aliphatic heterocycles. The third-order valence-electron chi connectivity index (χ3n) is 12.4. The highest BCUT2D eigenvalue weighted by atomic mass is 16.7. The van der Waals surface area contributed by atoms with Crippen LogP contribution in [-0.4, -0.2) is 97.0 Å². The van der Waals surface area contributed by atoms with Crippen molar-refractivity contribution < 1.29 is 40.1 Å². The standard InChI is InChI=1S/C45H82N2O8/c1-4-5-6-7-8-9-10-11-12-16-19-22-25-38(49)40(50)36(33-54-44-43(53)42(52)41(51)39(32-48)55-44)37-31-35(46-47-37)24-21-18-15-13-14-17-20-23-28-45(3)29-26-34(2)27-30-45/h26,29,31,34,36,38-44,48-53H,4-25,27-28,30,32-33H2,1-3H3,(H,46,47)/t34?,36-,38-,39?,40+,41?,42?,43?,44?,45?/m1/s1. The normalized spacial score (nSPS) is 27.4. The monoisotopic (exact) mass is 779 g/mol. The zero-order valence-corrected chi connectivity index (χ0v) is 35.0. The minimum atomic E-state index is -1.57. The SMILES string of the molecule is CCCCCCCCCCCCCC[C@@H](O)[C@@H](O)[C@H](COC1OC(CO)C(O)C(O)C1O)c1cc(CCCCCCCCCCC2(C)C=CC(C)CC2)[nH]n1. The lowest BCUT2D eigenvalue weighted by Crippen LogP contribution is -2.59. The molecule has 10 nitrogen and oxygen atoms in total. The minimum Gasteiger partial charge on any atom is -0.394 e. The van der Waals surface area contributed by atoms with Crippen molar-refractivity contribution in [2.75, 3.05) is 13.2 Å². The Hall–Kier alpha value is -1.37. The number of rotatable bonds is 31. The molecule has 0 saturated carbocycles. The first kappa shape index (κ1) is 48.0. The molecule has 7 N–H and O–H groups in total. The molecule has 10 heteroatoms. The number of H-pyrrole nitrogens is 1. The van der Waals surface area contributed by atoms with E-state index < -0.39 is 55.4 Å². The Morgan fingerprint density at radius 2 is 1.40 bits per heavy atom. The van der Waals surface area contributed by atoms with E-state index in [1.807, 2.05) is 6.07 Å². The predicted octanol–water partition coefficient (Wildman–Crippen LogP) is 8.17. The van der Waals surface area contributed by atoms with Crippen LogP contribution in [0.25, 0.3) is 0 Å². The summed E-state index contributed by atoms with van der Waals surface area (Å²) in [4.78, 5) is 0. The van der Waals surface area contributed by atoms with Crippen LogP contribution in [0.15, 0.2) is 18.2 Å². The van der Waals surface area contributed by atoms with E-state index in [1.165, 1.54) is 116 Å². The molecular weight excluding hydrogens is 697 g/mol. The molecule has 1 saturated heterocycles. The second-order valence-electron chi connectivity index (χ2n) is 17.5. The van der Waals surface area contributed by atoms with Crippen LogP contribution < -0.4 is 0 Å². The average Bonchev–Trinajstić information content (AvgIpc) is 3.65. The van der Waals surface area contributed by atoms with E-state index in [1.54, 1.807) is 0 Å². The third-order valence-corrected chi connectivity index (χ3v) is 12.4. The highest BCUT2D eigenvalue weighted by Crippen LogP contribution is 2.37. The summed E-state index contributed by atoms with van der Waals surface area (Å²) in [6.45, 7) is 6.26. The van der Waals surface area contributed by atoms with Gasteiger partial charge in [0.2, 0.25) is 0 Å². The van der Waals surface area contributed by atoms with Crippen LogP contribution >= 0.6 is 0 Å². The maximum Gasteiger partial charge on any atom is 0.186 e. The van der Waals surface area contributed by atoms with Crippen molar-refractivity contribution in [2.24, 2.45) is 11.3 Å². The summed E-state index contributed by atoms with van der Waals surface area (Å²) in [6, 6.07) is 1.92. The second kappa shape index (κ2) is 27.3. The molecule has 0 bridgehead atoms. The van der Waals surface area contributed by atoms with E-state index in [9.17, 15) is 30.6 Å². The Balaban J connectivity index is 1.41. The van der Waals surface area contributed by atoms with Gasteiger partial charge < -0.3 is 40.1 Å². The summed E-state index contributed by atoms with van der Waals surface area (Å²) in [5.41, 5.74) is 1.91. The van der Waals surface area contributed by atoms with Crippen LogP contribution in [0, 0.1) is 11.3 Å². The number of nitrogens with one attached hydrogen (secondary N) is 1. The molecule has 0 radical (unpaired) electrons. The summed E-state index contributed by atoms with van der Waals surface area (Å²) >= 11 is 0. The second-order valence-corrected chi connectivity index (χ2v) is 17.5. The molecule has 0 spiro atoms. The molecule has 1 aromatic heterocycles. The van der Waals surface area contributed by atoms with Gasteiger partial charge in [-0.25, -0.2) is 0 Å². The molecule has 7 unspecified atom stereocenters. The van der Waals surface area contributed by atoms with Gasteiger partial charge in [0.15, 0.2) is 6.29 Å². The number of aromatic amines is 1. The van der Waals surface area contributed by atoms with Crippen LogP contribution in [0.3, 0.4) is 0 Å². The van der Waals surface area contributed by atoms with E-state index in [-0.39, 0.29) is 6.61 Å². The molecule has 1 fully saturated rings.